The third-order valence-corrected chi connectivity index (χ3v) is 6.19. The number of aromatic nitrogens is 2. The SMILES string of the molecule is CCc1ccc(C(=O)N2CCC(n3nc4c(cc3=O)CCCCC4)CC2)cc1. The van der Waals surface area contributed by atoms with Crippen molar-refractivity contribution in [1.82, 2.24) is 14.7 Å². The molecule has 28 heavy (non-hydrogen) atoms. The number of aryl methyl sites for hydroxylation is 3. The molecule has 148 valence electrons. The second-order valence-electron chi connectivity index (χ2n) is 8.03. The molecule has 1 aromatic heterocycles. The lowest BCUT2D eigenvalue weighted by atomic mass is 10.0. The summed E-state index contributed by atoms with van der Waals surface area (Å²) >= 11 is 0. The fourth-order valence-corrected chi connectivity index (χ4v) is 4.39. The Hall–Kier alpha value is -2.43. The summed E-state index contributed by atoms with van der Waals surface area (Å²) < 4.78 is 1.70. The summed E-state index contributed by atoms with van der Waals surface area (Å²) in [5, 5.41) is 4.74. The molecule has 2 aromatic rings. The van der Waals surface area contributed by atoms with E-state index in [2.05, 4.69) is 6.92 Å². The summed E-state index contributed by atoms with van der Waals surface area (Å²) in [5.41, 5.74) is 4.24. The highest BCUT2D eigenvalue weighted by Gasteiger charge is 2.26. The van der Waals surface area contributed by atoms with Crippen LogP contribution in [0.15, 0.2) is 35.1 Å². The van der Waals surface area contributed by atoms with Gasteiger partial charge >= 0.3 is 0 Å². The Morgan fingerprint density at radius 3 is 2.50 bits per heavy atom. The number of likely N-dealkylation sites (tertiary alicyclic amines) is 1. The normalized spacial score (nSPS) is 17.8. The molecule has 0 unspecified atom stereocenters. The Morgan fingerprint density at radius 1 is 1.07 bits per heavy atom. The maximum Gasteiger partial charge on any atom is 0.267 e. The van der Waals surface area contributed by atoms with Crippen molar-refractivity contribution in [3.63, 3.8) is 0 Å². The maximum atomic E-state index is 12.8. The van der Waals surface area contributed by atoms with Crippen LogP contribution in [0.4, 0.5) is 0 Å². The quantitative estimate of drug-likeness (QED) is 0.767. The van der Waals surface area contributed by atoms with Crippen LogP contribution in [0.3, 0.4) is 0 Å². The fraction of sp³-hybridized carbons (Fsp3) is 0.522. The summed E-state index contributed by atoms with van der Waals surface area (Å²) in [6.45, 7) is 3.45. The maximum absolute atomic E-state index is 12.8. The zero-order valence-corrected chi connectivity index (χ0v) is 16.7. The van der Waals surface area contributed by atoms with Gasteiger partial charge in [-0.2, -0.15) is 5.10 Å². The highest BCUT2D eigenvalue weighted by Crippen LogP contribution is 2.24. The Kier molecular flexibility index (Phi) is 5.60. The summed E-state index contributed by atoms with van der Waals surface area (Å²) in [6.07, 6.45) is 8.00. The van der Waals surface area contributed by atoms with Gasteiger partial charge in [-0.3, -0.25) is 9.59 Å². The monoisotopic (exact) mass is 379 g/mol. The number of hydrogen-bond donors (Lipinski definition) is 0. The first-order valence-corrected chi connectivity index (χ1v) is 10.7. The molecule has 2 heterocycles. The molecule has 0 radical (unpaired) electrons. The van der Waals surface area contributed by atoms with E-state index in [9.17, 15) is 9.59 Å². The van der Waals surface area contributed by atoms with Gasteiger partial charge < -0.3 is 4.90 Å². The van der Waals surface area contributed by atoms with Gasteiger partial charge in [0, 0.05) is 24.7 Å². The van der Waals surface area contributed by atoms with E-state index in [0.29, 0.717) is 13.1 Å². The molecule has 1 saturated heterocycles. The van der Waals surface area contributed by atoms with E-state index < -0.39 is 0 Å². The number of fused-ring (bicyclic) bond motifs is 1. The number of piperidine rings is 1. The van der Waals surface area contributed by atoms with Gasteiger partial charge in [-0.05, 0) is 68.2 Å². The number of carbonyl (C=O) groups is 1. The Morgan fingerprint density at radius 2 is 1.79 bits per heavy atom. The molecule has 1 fully saturated rings. The number of hydrogen-bond acceptors (Lipinski definition) is 3. The van der Waals surface area contributed by atoms with Gasteiger partial charge in [0.25, 0.3) is 11.5 Å². The van der Waals surface area contributed by atoms with E-state index in [-0.39, 0.29) is 17.5 Å². The van der Waals surface area contributed by atoms with Gasteiger partial charge in [-0.1, -0.05) is 25.5 Å². The van der Waals surface area contributed by atoms with Gasteiger partial charge in [-0.25, -0.2) is 4.68 Å². The first-order chi connectivity index (χ1) is 13.7. The van der Waals surface area contributed by atoms with E-state index in [1.54, 1.807) is 10.7 Å². The lowest BCUT2D eigenvalue weighted by Crippen LogP contribution is -2.41. The number of benzene rings is 1. The van der Waals surface area contributed by atoms with Crippen molar-refractivity contribution in [3.05, 3.63) is 63.1 Å². The predicted molar refractivity (Wildman–Crippen MR) is 110 cm³/mol. The minimum atomic E-state index is 0.0144. The van der Waals surface area contributed by atoms with Crippen LogP contribution in [0, 0.1) is 0 Å². The lowest BCUT2D eigenvalue weighted by molar-refractivity contribution is 0.0687. The standard InChI is InChI=1S/C23H29N3O2/c1-2-17-8-10-18(11-9-17)23(28)25-14-12-20(13-15-25)26-22(27)16-19-6-4-3-5-7-21(19)24-26/h8-11,16,20H,2-7,12-15H2,1H3. The molecule has 0 saturated carbocycles. The summed E-state index contributed by atoms with van der Waals surface area (Å²) in [7, 11) is 0. The molecule has 4 rings (SSSR count). The number of carbonyl (C=O) groups excluding carboxylic acids is 1. The van der Waals surface area contributed by atoms with Crippen molar-refractivity contribution in [1.29, 1.82) is 0 Å². The van der Waals surface area contributed by atoms with E-state index >= 15 is 0 Å². The van der Waals surface area contributed by atoms with Crippen LogP contribution in [-0.4, -0.2) is 33.7 Å². The molecule has 0 atom stereocenters. The van der Waals surface area contributed by atoms with Crippen LogP contribution in [0.2, 0.25) is 0 Å². The zero-order chi connectivity index (χ0) is 19.5. The van der Waals surface area contributed by atoms with Crippen molar-refractivity contribution < 1.29 is 4.79 Å². The molecule has 0 spiro atoms. The predicted octanol–water partition coefficient (Wildman–Crippen LogP) is 3.55. The molecular weight excluding hydrogens is 350 g/mol. The average Bonchev–Trinajstić information content (AvgIpc) is 2.97. The van der Waals surface area contributed by atoms with E-state index in [1.807, 2.05) is 29.2 Å². The smallest absolute Gasteiger partial charge is 0.267 e. The molecule has 1 amide bonds. The topological polar surface area (TPSA) is 55.2 Å². The van der Waals surface area contributed by atoms with Crippen LogP contribution in [0.1, 0.15) is 72.2 Å². The van der Waals surface area contributed by atoms with Crippen molar-refractivity contribution in [2.45, 2.75) is 64.3 Å². The van der Waals surface area contributed by atoms with Gasteiger partial charge in [0.2, 0.25) is 0 Å². The van der Waals surface area contributed by atoms with Crippen molar-refractivity contribution in [2.24, 2.45) is 0 Å². The van der Waals surface area contributed by atoms with E-state index in [1.165, 1.54) is 12.0 Å². The van der Waals surface area contributed by atoms with Crippen molar-refractivity contribution in [2.75, 3.05) is 13.1 Å². The number of nitrogens with zero attached hydrogens (tertiary/aromatic N) is 3. The van der Waals surface area contributed by atoms with Gasteiger partial charge in [-0.15, -0.1) is 0 Å². The minimum absolute atomic E-state index is 0.0144. The van der Waals surface area contributed by atoms with E-state index in [4.69, 9.17) is 5.10 Å². The van der Waals surface area contributed by atoms with Crippen molar-refractivity contribution >= 4 is 5.91 Å². The highest BCUT2D eigenvalue weighted by molar-refractivity contribution is 5.94. The Labute approximate surface area is 166 Å². The van der Waals surface area contributed by atoms with E-state index in [0.717, 1.165) is 61.8 Å². The first-order valence-electron chi connectivity index (χ1n) is 10.7. The third kappa shape index (κ3) is 3.89. The first kappa shape index (κ1) is 18.9. The van der Waals surface area contributed by atoms with Crippen LogP contribution in [0.25, 0.3) is 0 Å². The molecule has 5 heteroatoms. The number of rotatable bonds is 3. The largest absolute Gasteiger partial charge is 0.338 e. The molecule has 0 bridgehead atoms. The Balaban J connectivity index is 1.44. The molecule has 0 N–H and O–H groups in total. The second-order valence-corrected chi connectivity index (χ2v) is 8.03. The highest BCUT2D eigenvalue weighted by atomic mass is 16.2. The van der Waals surface area contributed by atoms with Crippen LogP contribution in [-0.2, 0) is 19.3 Å². The zero-order valence-electron chi connectivity index (χ0n) is 16.7. The van der Waals surface area contributed by atoms with Crippen molar-refractivity contribution in [3.8, 4) is 0 Å². The molecule has 1 aromatic carbocycles. The molecule has 1 aliphatic heterocycles. The van der Waals surface area contributed by atoms with Gasteiger partial charge in [0.05, 0.1) is 11.7 Å². The second kappa shape index (κ2) is 8.29. The summed E-state index contributed by atoms with van der Waals surface area (Å²) in [6, 6.07) is 9.80. The molecular formula is C23H29N3O2. The fourth-order valence-electron chi connectivity index (χ4n) is 4.39. The summed E-state index contributed by atoms with van der Waals surface area (Å²) in [4.78, 5) is 27.3. The average molecular weight is 380 g/mol. The summed E-state index contributed by atoms with van der Waals surface area (Å²) in [5.74, 6) is 0.0864. The molecule has 2 aliphatic rings. The minimum Gasteiger partial charge on any atom is -0.338 e. The van der Waals surface area contributed by atoms with Crippen LogP contribution >= 0.6 is 0 Å². The Bertz CT molecular complexity index is 893. The molecule has 5 nitrogen and oxygen atoms in total. The molecule has 1 aliphatic carbocycles. The van der Waals surface area contributed by atoms with Gasteiger partial charge in [0.15, 0.2) is 0 Å². The van der Waals surface area contributed by atoms with Crippen LogP contribution in [0.5, 0.6) is 0 Å². The van der Waals surface area contributed by atoms with Gasteiger partial charge in [0.1, 0.15) is 0 Å². The van der Waals surface area contributed by atoms with Crippen LogP contribution < -0.4 is 5.56 Å². The third-order valence-electron chi connectivity index (χ3n) is 6.19. The lowest BCUT2D eigenvalue weighted by Gasteiger charge is -2.32. The number of amides is 1.